The minimum atomic E-state index is 0.541. The molecule has 20 heavy (non-hydrogen) atoms. The fraction of sp³-hybridized carbons (Fsp3) is 0.0625. The van der Waals surface area contributed by atoms with Crippen LogP contribution in [0.15, 0.2) is 54.7 Å². The van der Waals surface area contributed by atoms with Gasteiger partial charge in [0.05, 0.1) is 23.3 Å². The van der Waals surface area contributed by atoms with Crippen LogP contribution in [0.25, 0.3) is 10.9 Å². The van der Waals surface area contributed by atoms with Crippen molar-refractivity contribution in [3.8, 4) is 6.07 Å². The van der Waals surface area contributed by atoms with Gasteiger partial charge in [-0.1, -0.05) is 24.3 Å². The lowest BCUT2D eigenvalue weighted by atomic mass is 10.1. The normalized spacial score (nSPS) is 10.2. The van der Waals surface area contributed by atoms with Crippen molar-refractivity contribution < 1.29 is 0 Å². The molecule has 0 atom stereocenters. The number of benzene rings is 1. The standard InChI is InChI=1S/C16H12N4/c17-10-13-9-12-5-1-2-7-15(12)20-16(13)19-11-14-6-3-4-8-18-14/h1-9H,11H2,(H,19,20). The quantitative estimate of drug-likeness (QED) is 0.786. The molecule has 0 aliphatic carbocycles. The molecule has 0 aliphatic rings. The van der Waals surface area contributed by atoms with E-state index < -0.39 is 0 Å². The highest BCUT2D eigenvalue weighted by Crippen LogP contribution is 2.20. The van der Waals surface area contributed by atoms with Gasteiger partial charge in [0.25, 0.3) is 0 Å². The molecule has 1 aromatic carbocycles. The highest BCUT2D eigenvalue weighted by Gasteiger charge is 2.06. The molecule has 0 aliphatic heterocycles. The number of nitrogens with zero attached hydrogens (tertiary/aromatic N) is 3. The number of hydrogen-bond acceptors (Lipinski definition) is 4. The first-order chi connectivity index (χ1) is 9.86. The maximum Gasteiger partial charge on any atom is 0.144 e. The largest absolute Gasteiger partial charge is 0.363 e. The molecule has 1 N–H and O–H groups in total. The van der Waals surface area contributed by atoms with Crippen LogP contribution in [0.2, 0.25) is 0 Å². The summed E-state index contributed by atoms with van der Waals surface area (Å²) >= 11 is 0. The minimum absolute atomic E-state index is 0.541. The van der Waals surface area contributed by atoms with Gasteiger partial charge in [-0.3, -0.25) is 4.98 Å². The number of anilines is 1. The van der Waals surface area contributed by atoms with Crippen LogP contribution in [0, 0.1) is 11.3 Å². The van der Waals surface area contributed by atoms with Crippen molar-refractivity contribution in [3.63, 3.8) is 0 Å². The maximum atomic E-state index is 9.23. The third-order valence-electron chi connectivity index (χ3n) is 3.01. The molecule has 0 spiro atoms. The maximum absolute atomic E-state index is 9.23. The molecule has 0 radical (unpaired) electrons. The summed E-state index contributed by atoms with van der Waals surface area (Å²) in [5.41, 5.74) is 2.32. The third kappa shape index (κ3) is 2.43. The topological polar surface area (TPSA) is 61.6 Å². The Labute approximate surface area is 116 Å². The number of nitriles is 1. The minimum Gasteiger partial charge on any atom is -0.363 e. The van der Waals surface area contributed by atoms with E-state index in [9.17, 15) is 5.26 Å². The highest BCUT2D eigenvalue weighted by molar-refractivity contribution is 5.82. The van der Waals surface area contributed by atoms with Gasteiger partial charge in [0.15, 0.2) is 0 Å². The van der Waals surface area contributed by atoms with Crippen molar-refractivity contribution in [2.24, 2.45) is 0 Å². The van der Waals surface area contributed by atoms with E-state index in [0.29, 0.717) is 17.9 Å². The first-order valence-electron chi connectivity index (χ1n) is 6.30. The Morgan fingerprint density at radius 3 is 2.75 bits per heavy atom. The van der Waals surface area contributed by atoms with Crippen LogP contribution in [0.4, 0.5) is 5.82 Å². The van der Waals surface area contributed by atoms with E-state index in [0.717, 1.165) is 16.6 Å². The summed E-state index contributed by atoms with van der Waals surface area (Å²) in [6.07, 6.45) is 1.75. The van der Waals surface area contributed by atoms with E-state index in [4.69, 9.17) is 0 Å². The first-order valence-corrected chi connectivity index (χ1v) is 6.30. The molecule has 4 heteroatoms. The number of nitrogens with one attached hydrogen (secondary N) is 1. The highest BCUT2D eigenvalue weighted by atomic mass is 15.0. The fourth-order valence-corrected chi connectivity index (χ4v) is 2.01. The second-order valence-electron chi connectivity index (χ2n) is 4.36. The van der Waals surface area contributed by atoms with Crippen LogP contribution < -0.4 is 5.32 Å². The van der Waals surface area contributed by atoms with Crippen LogP contribution >= 0.6 is 0 Å². The van der Waals surface area contributed by atoms with Gasteiger partial charge in [-0.05, 0) is 24.3 Å². The number of para-hydroxylation sites is 1. The predicted molar refractivity (Wildman–Crippen MR) is 78.0 cm³/mol. The molecular formula is C16H12N4. The molecule has 96 valence electrons. The molecule has 0 unspecified atom stereocenters. The Morgan fingerprint density at radius 2 is 1.95 bits per heavy atom. The van der Waals surface area contributed by atoms with Gasteiger partial charge in [-0.25, -0.2) is 4.98 Å². The van der Waals surface area contributed by atoms with Crippen molar-refractivity contribution in [1.82, 2.24) is 9.97 Å². The first kappa shape index (κ1) is 12.1. The van der Waals surface area contributed by atoms with E-state index in [1.54, 1.807) is 6.20 Å². The monoisotopic (exact) mass is 260 g/mol. The summed E-state index contributed by atoms with van der Waals surface area (Å²) in [7, 11) is 0. The Hall–Kier alpha value is -2.93. The molecule has 3 rings (SSSR count). The smallest absolute Gasteiger partial charge is 0.144 e. The van der Waals surface area contributed by atoms with Crippen LogP contribution in [0.5, 0.6) is 0 Å². The Morgan fingerprint density at radius 1 is 1.10 bits per heavy atom. The molecule has 2 aromatic heterocycles. The van der Waals surface area contributed by atoms with Crippen LogP contribution in [-0.4, -0.2) is 9.97 Å². The number of hydrogen-bond donors (Lipinski definition) is 1. The summed E-state index contributed by atoms with van der Waals surface area (Å²) in [4.78, 5) is 8.74. The Balaban J connectivity index is 1.92. The van der Waals surface area contributed by atoms with Crippen LogP contribution in [0.1, 0.15) is 11.3 Å². The molecule has 0 fully saturated rings. The molecule has 3 aromatic rings. The van der Waals surface area contributed by atoms with E-state index in [1.807, 2.05) is 48.5 Å². The molecule has 0 amide bonds. The molecule has 2 heterocycles. The van der Waals surface area contributed by atoms with Gasteiger partial charge in [0, 0.05) is 11.6 Å². The second-order valence-corrected chi connectivity index (χ2v) is 4.36. The average Bonchev–Trinajstić information content (AvgIpc) is 2.53. The summed E-state index contributed by atoms with van der Waals surface area (Å²) < 4.78 is 0. The summed E-state index contributed by atoms with van der Waals surface area (Å²) in [5, 5.41) is 13.4. The van der Waals surface area contributed by atoms with Crippen LogP contribution in [-0.2, 0) is 6.54 Å². The second kappa shape index (κ2) is 5.37. The Kier molecular flexibility index (Phi) is 3.25. The van der Waals surface area contributed by atoms with Crippen molar-refractivity contribution >= 4 is 16.7 Å². The SMILES string of the molecule is N#Cc1cc2ccccc2nc1NCc1ccccn1. The van der Waals surface area contributed by atoms with Crippen molar-refractivity contribution in [2.75, 3.05) is 5.32 Å². The molecular weight excluding hydrogens is 248 g/mol. The lowest BCUT2D eigenvalue weighted by molar-refractivity contribution is 1.03. The van der Waals surface area contributed by atoms with E-state index >= 15 is 0 Å². The van der Waals surface area contributed by atoms with Crippen molar-refractivity contribution in [3.05, 3.63) is 66.0 Å². The summed E-state index contributed by atoms with van der Waals surface area (Å²) in [6, 6.07) is 17.5. The molecule has 0 bridgehead atoms. The van der Waals surface area contributed by atoms with Gasteiger partial charge in [0.2, 0.25) is 0 Å². The lowest BCUT2D eigenvalue weighted by Crippen LogP contribution is -2.05. The van der Waals surface area contributed by atoms with Gasteiger partial charge in [-0.2, -0.15) is 5.26 Å². The fourth-order valence-electron chi connectivity index (χ4n) is 2.01. The van der Waals surface area contributed by atoms with E-state index in [-0.39, 0.29) is 0 Å². The Bertz CT molecular complexity index is 775. The van der Waals surface area contributed by atoms with Gasteiger partial charge in [0.1, 0.15) is 11.9 Å². The predicted octanol–water partition coefficient (Wildman–Crippen LogP) is 3.11. The van der Waals surface area contributed by atoms with E-state index in [2.05, 4.69) is 21.4 Å². The lowest BCUT2D eigenvalue weighted by Gasteiger charge is -2.08. The third-order valence-corrected chi connectivity index (χ3v) is 3.01. The molecule has 0 saturated heterocycles. The zero-order chi connectivity index (χ0) is 13.8. The molecule has 0 saturated carbocycles. The van der Waals surface area contributed by atoms with E-state index in [1.165, 1.54) is 0 Å². The number of fused-ring (bicyclic) bond motifs is 1. The van der Waals surface area contributed by atoms with Gasteiger partial charge in [-0.15, -0.1) is 0 Å². The summed E-state index contributed by atoms with van der Waals surface area (Å²) in [5.74, 6) is 0.594. The number of aromatic nitrogens is 2. The number of pyridine rings is 2. The zero-order valence-electron chi connectivity index (χ0n) is 10.7. The van der Waals surface area contributed by atoms with Crippen LogP contribution in [0.3, 0.4) is 0 Å². The van der Waals surface area contributed by atoms with Crippen molar-refractivity contribution in [1.29, 1.82) is 5.26 Å². The summed E-state index contributed by atoms with van der Waals surface area (Å²) in [6.45, 7) is 0.543. The average molecular weight is 260 g/mol. The van der Waals surface area contributed by atoms with Gasteiger partial charge >= 0.3 is 0 Å². The number of rotatable bonds is 3. The van der Waals surface area contributed by atoms with Gasteiger partial charge < -0.3 is 5.32 Å². The van der Waals surface area contributed by atoms with Crippen molar-refractivity contribution in [2.45, 2.75) is 6.54 Å². The zero-order valence-corrected chi connectivity index (χ0v) is 10.7. The molecule has 4 nitrogen and oxygen atoms in total.